The van der Waals surface area contributed by atoms with Crippen LogP contribution in [0.5, 0.6) is 5.75 Å². The summed E-state index contributed by atoms with van der Waals surface area (Å²) in [6.45, 7) is 0. The van der Waals surface area contributed by atoms with E-state index in [0.717, 1.165) is 24.2 Å². The Morgan fingerprint density at radius 3 is 1.94 bits per heavy atom. The number of rotatable bonds is 5. The van der Waals surface area contributed by atoms with E-state index in [1.54, 1.807) is 0 Å². The first-order chi connectivity index (χ1) is 15.8. The van der Waals surface area contributed by atoms with Crippen LogP contribution >= 0.6 is 10.9 Å². The van der Waals surface area contributed by atoms with Crippen molar-refractivity contribution in [3.63, 3.8) is 0 Å². The molecule has 6 rings (SSSR count). The molecule has 0 heterocycles. The third-order valence-corrected chi connectivity index (χ3v) is 10.5. The van der Waals surface area contributed by atoms with Crippen LogP contribution in [0.3, 0.4) is 0 Å². The van der Waals surface area contributed by atoms with Crippen molar-refractivity contribution in [2.45, 2.75) is 46.8 Å². The molecule has 5 atom stereocenters. The molecule has 0 aromatic heterocycles. The largest absolute Gasteiger partial charge is 0.426 e. The fraction of sp³-hybridized carbons (Fsp3) is 0.345. The fourth-order valence-electron chi connectivity index (χ4n) is 6.80. The molecule has 3 saturated carbocycles. The minimum atomic E-state index is -0.638. The van der Waals surface area contributed by atoms with Crippen molar-refractivity contribution in [2.24, 2.45) is 29.6 Å². The quantitative estimate of drug-likeness (QED) is 0.258. The normalized spacial score (nSPS) is 28.4. The number of hydrogen-bond donors (Lipinski definition) is 1. The Morgan fingerprint density at radius 2 is 1.28 bits per heavy atom. The predicted octanol–water partition coefficient (Wildman–Crippen LogP) is 7.14. The SMILES string of the molecule is O=C(Oc1ccc([SH](c2ccccc2)c2ccccc2)cc1)C1CC2CC1C1CCCC21. The summed E-state index contributed by atoms with van der Waals surface area (Å²) in [5.41, 5.74) is 0. The van der Waals surface area contributed by atoms with E-state index in [9.17, 15) is 4.79 Å². The Bertz CT molecular complexity index is 1040. The average Bonchev–Trinajstić information content (AvgIpc) is 3.56. The second-order valence-electron chi connectivity index (χ2n) is 9.68. The van der Waals surface area contributed by atoms with Crippen LogP contribution in [-0.4, -0.2) is 5.97 Å². The molecule has 3 aromatic rings. The van der Waals surface area contributed by atoms with Crippen LogP contribution in [0, 0.1) is 29.6 Å². The topological polar surface area (TPSA) is 26.3 Å². The standard InChI is InChI=1S/C29H30O2S/c30-29(28-19-20-18-27(28)26-13-7-12-25(20)26)31-21-14-16-24(17-15-21)32(22-8-3-1-4-9-22)23-10-5-2-6-11-23/h1-6,8-11,14-17,20,25-28,32H,7,12-13,18-19H2. The minimum absolute atomic E-state index is 0.00369. The minimum Gasteiger partial charge on any atom is -0.426 e. The molecule has 2 nitrogen and oxygen atoms in total. The highest BCUT2D eigenvalue weighted by Crippen LogP contribution is 2.61. The van der Waals surface area contributed by atoms with Crippen molar-refractivity contribution in [3.8, 4) is 5.75 Å². The molecule has 3 aromatic carbocycles. The maximum absolute atomic E-state index is 13.0. The Labute approximate surface area is 193 Å². The highest BCUT2D eigenvalue weighted by Gasteiger charge is 2.56. The van der Waals surface area contributed by atoms with E-state index in [1.807, 2.05) is 12.1 Å². The molecule has 3 fully saturated rings. The molecule has 164 valence electrons. The molecule has 0 N–H and O–H groups in total. The van der Waals surface area contributed by atoms with E-state index in [1.165, 1.54) is 40.4 Å². The van der Waals surface area contributed by atoms with E-state index in [2.05, 4.69) is 72.8 Å². The number of thiol groups is 1. The first-order valence-corrected chi connectivity index (χ1v) is 13.3. The van der Waals surface area contributed by atoms with Gasteiger partial charge in [0.2, 0.25) is 0 Å². The van der Waals surface area contributed by atoms with Crippen molar-refractivity contribution >= 4 is 16.9 Å². The third kappa shape index (κ3) is 3.57. The van der Waals surface area contributed by atoms with Gasteiger partial charge < -0.3 is 4.74 Å². The maximum atomic E-state index is 13.0. The van der Waals surface area contributed by atoms with Crippen molar-refractivity contribution in [2.75, 3.05) is 0 Å². The van der Waals surface area contributed by atoms with Crippen LogP contribution in [0.1, 0.15) is 32.1 Å². The Kier molecular flexibility index (Phi) is 5.30. The van der Waals surface area contributed by atoms with Crippen molar-refractivity contribution in [1.82, 2.24) is 0 Å². The van der Waals surface area contributed by atoms with Crippen LogP contribution in [0.4, 0.5) is 0 Å². The predicted molar refractivity (Wildman–Crippen MR) is 129 cm³/mol. The molecule has 32 heavy (non-hydrogen) atoms. The fourth-order valence-corrected chi connectivity index (χ4v) is 9.08. The van der Waals surface area contributed by atoms with Gasteiger partial charge in [0.15, 0.2) is 0 Å². The zero-order valence-corrected chi connectivity index (χ0v) is 19.2. The molecule has 0 radical (unpaired) electrons. The van der Waals surface area contributed by atoms with Gasteiger partial charge in [-0.25, -0.2) is 0 Å². The van der Waals surface area contributed by atoms with Gasteiger partial charge in [0, 0.05) is 0 Å². The Balaban J connectivity index is 1.20. The smallest absolute Gasteiger partial charge is 0.314 e. The molecule has 0 saturated heterocycles. The van der Waals surface area contributed by atoms with E-state index in [0.29, 0.717) is 11.7 Å². The van der Waals surface area contributed by atoms with Gasteiger partial charge in [-0.3, -0.25) is 4.79 Å². The van der Waals surface area contributed by atoms with Crippen molar-refractivity contribution in [1.29, 1.82) is 0 Å². The monoisotopic (exact) mass is 442 g/mol. The van der Waals surface area contributed by atoms with E-state index < -0.39 is 10.9 Å². The first-order valence-electron chi connectivity index (χ1n) is 12.0. The number of esters is 1. The van der Waals surface area contributed by atoms with Gasteiger partial charge in [-0.15, -0.1) is 0 Å². The lowest BCUT2D eigenvalue weighted by atomic mass is 9.76. The zero-order chi connectivity index (χ0) is 21.5. The number of benzene rings is 3. The third-order valence-electron chi connectivity index (χ3n) is 8.07. The molecule has 0 aliphatic heterocycles. The summed E-state index contributed by atoms with van der Waals surface area (Å²) in [6.07, 6.45) is 6.38. The molecule has 0 spiro atoms. The summed E-state index contributed by atoms with van der Waals surface area (Å²) in [4.78, 5) is 17.0. The average molecular weight is 443 g/mol. The Morgan fingerprint density at radius 1 is 0.688 bits per heavy atom. The molecule has 5 unspecified atom stereocenters. The summed E-state index contributed by atoms with van der Waals surface area (Å²) in [5, 5.41) is 0. The lowest BCUT2D eigenvalue weighted by molar-refractivity contribution is -0.141. The van der Waals surface area contributed by atoms with Gasteiger partial charge in [-0.05, 0) is 113 Å². The molecular formula is C29H30O2S. The van der Waals surface area contributed by atoms with E-state index >= 15 is 0 Å². The Hall–Kier alpha value is -2.52. The van der Waals surface area contributed by atoms with Gasteiger partial charge in [0.05, 0.1) is 5.92 Å². The number of fused-ring (bicyclic) bond motifs is 5. The molecule has 2 bridgehead atoms. The van der Waals surface area contributed by atoms with Crippen LogP contribution in [0.2, 0.25) is 0 Å². The molecule has 3 aliphatic carbocycles. The number of carbonyl (C=O) groups is 1. The van der Waals surface area contributed by atoms with Crippen LogP contribution in [-0.2, 0) is 4.79 Å². The first kappa shape index (κ1) is 20.1. The lowest BCUT2D eigenvalue weighted by Crippen LogP contribution is -2.32. The van der Waals surface area contributed by atoms with Gasteiger partial charge in [0.1, 0.15) is 5.75 Å². The van der Waals surface area contributed by atoms with E-state index in [4.69, 9.17) is 4.74 Å². The number of carbonyl (C=O) groups excluding carboxylic acids is 1. The summed E-state index contributed by atoms with van der Waals surface area (Å²) in [7, 11) is -0.638. The maximum Gasteiger partial charge on any atom is 0.314 e. The molecular weight excluding hydrogens is 412 g/mol. The van der Waals surface area contributed by atoms with Crippen molar-refractivity contribution in [3.05, 3.63) is 84.9 Å². The highest BCUT2D eigenvalue weighted by molar-refractivity contribution is 8.17. The summed E-state index contributed by atoms with van der Waals surface area (Å²) in [5.74, 6) is 3.83. The molecule has 3 aliphatic rings. The number of ether oxygens (including phenoxy) is 1. The second-order valence-corrected chi connectivity index (χ2v) is 11.9. The van der Waals surface area contributed by atoms with Gasteiger partial charge in [0.25, 0.3) is 0 Å². The molecule has 0 amide bonds. The second kappa shape index (κ2) is 8.44. The summed E-state index contributed by atoms with van der Waals surface area (Å²) >= 11 is 0. The zero-order valence-electron chi connectivity index (χ0n) is 18.3. The summed E-state index contributed by atoms with van der Waals surface area (Å²) in [6, 6.07) is 29.6. The van der Waals surface area contributed by atoms with Gasteiger partial charge >= 0.3 is 5.97 Å². The van der Waals surface area contributed by atoms with Gasteiger partial charge in [-0.2, -0.15) is 10.9 Å². The van der Waals surface area contributed by atoms with Gasteiger partial charge in [-0.1, -0.05) is 42.8 Å². The van der Waals surface area contributed by atoms with Crippen LogP contribution in [0.25, 0.3) is 0 Å². The lowest BCUT2D eigenvalue weighted by Gasteiger charge is -2.30. The van der Waals surface area contributed by atoms with Crippen molar-refractivity contribution < 1.29 is 9.53 Å². The summed E-state index contributed by atoms with van der Waals surface area (Å²) < 4.78 is 5.91. The van der Waals surface area contributed by atoms with E-state index in [-0.39, 0.29) is 11.9 Å². The molecule has 3 heteroatoms. The number of hydrogen-bond acceptors (Lipinski definition) is 2. The van der Waals surface area contributed by atoms with Crippen LogP contribution < -0.4 is 4.74 Å². The van der Waals surface area contributed by atoms with Crippen LogP contribution in [0.15, 0.2) is 99.6 Å². The highest BCUT2D eigenvalue weighted by atomic mass is 32.2.